The second kappa shape index (κ2) is 8.51. The summed E-state index contributed by atoms with van der Waals surface area (Å²) in [6, 6.07) is 16.8. The van der Waals surface area contributed by atoms with Crippen LogP contribution in [-0.4, -0.2) is 24.1 Å². The van der Waals surface area contributed by atoms with Crippen molar-refractivity contribution in [2.24, 2.45) is 0 Å². The van der Waals surface area contributed by atoms with E-state index in [1.165, 1.54) is 22.0 Å². The van der Waals surface area contributed by atoms with Gasteiger partial charge in [0, 0.05) is 42.0 Å². The summed E-state index contributed by atoms with van der Waals surface area (Å²) in [7, 11) is 1.69. The zero-order chi connectivity index (χ0) is 20.1. The van der Waals surface area contributed by atoms with E-state index in [4.69, 9.17) is 4.74 Å². The largest absolute Gasteiger partial charge is 0.497 e. The van der Waals surface area contributed by atoms with Crippen molar-refractivity contribution in [2.75, 3.05) is 13.7 Å². The number of nitrogens with zero attached hydrogens (tertiary/aromatic N) is 1. The van der Waals surface area contributed by atoms with Crippen LogP contribution < -0.4 is 10.1 Å². The highest BCUT2D eigenvalue weighted by Gasteiger charge is 2.26. The molecule has 0 unspecified atom stereocenters. The molecule has 0 spiro atoms. The minimum atomic E-state index is -0.187. The van der Waals surface area contributed by atoms with Crippen molar-refractivity contribution >= 4 is 16.8 Å². The van der Waals surface area contributed by atoms with E-state index in [0.29, 0.717) is 13.0 Å². The van der Waals surface area contributed by atoms with Gasteiger partial charge in [-0.3, -0.25) is 4.79 Å². The molecule has 0 saturated carbocycles. The van der Waals surface area contributed by atoms with Crippen LogP contribution in [0.3, 0.4) is 0 Å². The first-order valence-corrected chi connectivity index (χ1v) is 9.92. The summed E-state index contributed by atoms with van der Waals surface area (Å²) in [5.41, 5.74) is 3.56. The third-order valence-electron chi connectivity index (χ3n) is 5.35. The minimum absolute atomic E-state index is 0.0819. The molecule has 1 amide bonds. The summed E-state index contributed by atoms with van der Waals surface area (Å²) in [5, 5.41) is 4.24. The number of carbonyl (C=O) groups excluding carboxylic acids is 1. The maximum Gasteiger partial charge on any atom is 0.219 e. The lowest BCUT2D eigenvalue weighted by Crippen LogP contribution is -2.36. The molecule has 0 atom stereocenters. The van der Waals surface area contributed by atoms with Gasteiger partial charge in [-0.1, -0.05) is 51.1 Å². The summed E-state index contributed by atoms with van der Waals surface area (Å²) in [6.07, 6.45) is 3.72. The van der Waals surface area contributed by atoms with Crippen molar-refractivity contribution in [3.63, 3.8) is 0 Å². The van der Waals surface area contributed by atoms with Gasteiger partial charge >= 0.3 is 0 Å². The van der Waals surface area contributed by atoms with Crippen LogP contribution in [-0.2, 0) is 23.2 Å². The van der Waals surface area contributed by atoms with Crippen LogP contribution in [0.4, 0.5) is 0 Å². The topological polar surface area (TPSA) is 43.3 Å². The predicted molar refractivity (Wildman–Crippen MR) is 115 cm³/mol. The van der Waals surface area contributed by atoms with Crippen molar-refractivity contribution in [3.8, 4) is 5.75 Å². The molecule has 1 heterocycles. The Morgan fingerprint density at radius 1 is 1.14 bits per heavy atom. The number of hydrogen-bond acceptors (Lipinski definition) is 2. The molecule has 4 nitrogen and oxygen atoms in total. The van der Waals surface area contributed by atoms with Gasteiger partial charge in [0.1, 0.15) is 5.75 Å². The Balaban J connectivity index is 1.95. The molecule has 4 heteroatoms. The van der Waals surface area contributed by atoms with E-state index >= 15 is 0 Å². The van der Waals surface area contributed by atoms with Crippen molar-refractivity contribution < 1.29 is 9.53 Å². The van der Waals surface area contributed by atoms with E-state index in [2.05, 4.69) is 66.3 Å². The fraction of sp³-hybridized carbons (Fsp3) is 0.375. The third kappa shape index (κ3) is 4.38. The monoisotopic (exact) mass is 378 g/mol. The molecule has 148 valence electrons. The van der Waals surface area contributed by atoms with Crippen molar-refractivity contribution in [3.05, 3.63) is 65.9 Å². The lowest BCUT2D eigenvalue weighted by molar-refractivity contribution is -0.121. The molecule has 2 aromatic carbocycles. The number of methoxy groups -OCH3 is 1. The van der Waals surface area contributed by atoms with Gasteiger partial charge in [0.05, 0.1) is 7.11 Å². The predicted octanol–water partition coefficient (Wildman–Crippen LogP) is 4.70. The van der Waals surface area contributed by atoms with E-state index < -0.39 is 0 Å². The first-order chi connectivity index (χ1) is 13.4. The number of amides is 1. The van der Waals surface area contributed by atoms with Crippen LogP contribution in [0.25, 0.3) is 10.9 Å². The number of benzene rings is 2. The number of nitrogens with one attached hydrogen (secondary N) is 1. The van der Waals surface area contributed by atoms with Crippen molar-refractivity contribution in [2.45, 2.75) is 45.6 Å². The van der Waals surface area contributed by atoms with E-state index in [0.717, 1.165) is 18.7 Å². The van der Waals surface area contributed by atoms with Crippen molar-refractivity contribution in [1.29, 1.82) is 0 Å². The fourth-order valence-corrected chi connectivity index (χ4v) is 3.56. The molecular weight excluding hydrogens is 348 g/mol. The van der Waals surface area contributed by atoms with Gasteiger partial charge in [-0.2, -0.15) is 0 Å². The van der Waals surface area contributed by atoms with Gasteiger partial charge in [-0.15, -0.1) is 0 Å². The summed E-state index contributed by atoms with van der Waals surface area (Å²) in [6.45, 7) is 7.75. The molecule has 3 rings (SSSR count). The number of hydrogen-bond donors (Lipinski definition) is 1. The van der Waals surface area contributed by atoms with Gasteiger partial charge in [0.2, 0.25) is 5.91 Å². The van der Waals surface area contributed by atoms with Gasteiger partial charge in [-0.25, -0.2) is 0 Å². The first kappa shape index (κ1) is 20.0. The molecule has 3 aromatic rings. The lowest BCUT2D eigenvalue weighted by Gasteiger charge is -2.25. The van der Waals surface area contributed by atoms with Gasteiger partial charge in [0.15, 0.2) is 0 Å². The highest BCUT2D eigenvalue weighted by Crippen LogP contribution is 2.34. The van der Waals surface area contributed by atoms with E-state index in [1.54, 1.807) is 7.11 Å². The number of carbonyl (C=O) groups is 1. The van der Waals surface area contributed by atoms with Crippen LogP contribution in [0.1, 0.15) is 38.3 Å². The smallest absolute Gasteiger partial charge is 0.219 e. The molecule has 28 heavy (non-hydrogen) atoms. The molecule has 0 aliphatic rings. The zero-order valence-electron chi connectivity index (χ0n) is 17.3. The van der Waals surface area contributed by atoms with Crippen LogP contribution in [0, 0.1) is 0 Å². The van der Waals surface area contributed by atoms with Gasteiger partial charge in [0.25, 0.3) is 0 Å². The Labute approximate surface area is 167 Å². The van der Waals surface area contributed by atoms with Gasteiger partial charge < -0.3 is 14.6 Å². The molecular formula is C24H30N2O2. The van der Waals surface area contributed by atoms with Gasteiger partial charge in [-0.05, 0) is 35.7 Å². The second-order valence-corrected chi connectivity index (χ2v) is 7.87. The molecule has 0 bridgehead atoms. The average Bonchev–Trinajstić information content (AvgIpc) is 3.10. The SMILES string of the molecule is CCC(=O)NCC(C)(C)c1cn(CCc2ccccc2)c2ccc(OC)cc12. The number of aryl methyl sites for hydroxylation is 2. The summed E-state index contributed by atoms with van der Waals surface area (Å²) >= 11 is 0. The Hall–Kier alpha value is -2.75. The Bertz CT molecular complexity index is 942. The summed E-state index contributed by atoms with van der Waals surface area (Å²) < 4.78 is 7.79. The average molecular weight is 379 g/mol. The maximum absolute atomic E-state index is 11.8. The quantitative estimate of drug-likeness (QED) is 0.618. The fourth-order valence-electron chi connectivity index (χ4n) is 3.56. The Kier molecular flexibility index (Phi) is 6.08. The number of fused-ring (bicyclic) bond motifs is 1. The van der Waals surface area contributed by atoms with Crippen molar-refractivity contribution in [1.82, 2.24) is 9.88 Å². The summed E-state index contributed by atoms with van der Waals surface area (Å²) in [5.74, 6) is 0.932. The maximum atomic E-state index is 11.8. The number of ether oxygens (including phenoxy) is 1. The van der Waals surface area contributed by atoms with E-state index in [1.807, 2.05) is 19.1 Å². The zero-order valence-corrected chi connectivity index (χ0v) is 17.3. The summed E-state index contributed by atoms with van der Waals surface area (Å²) in [4.78, 5) is 11.8. The van der Waals surface area contributed by atoms with Crippen LogP contribution >= 0.6 is 0 Å². The molecule has 0 fully saturated rings. The van der Waals surface area contributed by atoms with Crippen LogP contribution in [0.5, 0.6) is 5.75 Å². The normalized spacial score (nSPS) is 11.6. The van der Waals surface area contributed by atoms with Crippen LogP contribution in [0.15, 0.2) is 54.7 Å². The minimum Gasteiger partial charge on any atom is -0.497 e. The second-order valence-electron chi connectivity index (χ2n) is 7.87. The Morgan fingerprint density at radius 3 is 2.57 bits per heavy atom. The molecule has 1 N–H and O–H groups in total. The molecule has 0 aliphatic heterocycles. The Morgan fingerprint density at radius 2 is 1.89 bits per heavy atom. The lowest BCUT2D eigenvalue weighted by atomic mass is 9.84. The molecule has 0 aliphatic carbocycles. The standard InChI is InChI=1S/C24H30N2O2/c1-5-23(27)25-17-24(2,3)21-16-26(14-13-18-9-7-6-8-10-18)22-12-11-19(28-4)15-20(21)22/h6-12,15-16H,5,13-14,17H2,1-4H3,(H,25,27). The third-order valence-corrected chi connectivity index (χ3v) is 5.35. The molecule has 1 aromatic heterocycles. The molecule has 0 saturated heterocycles. The molecule has 0 radical (unpaired) electrons. The number of aromatic nitrogens is 1. The highest BCUT2D eigenvalue weighted by molar-refractivity contribution is 5.86. The number of rotatable bonds is 8. The highest BCUT2D eigenvalue weighted by atomic mass is 16.5. The van der Waals surface area contributed by atoms with E-state index in [-0.39, 0.29) is 11.3 Å². The van der Waals surface area contributed by atoms with Crippen LogP contribution in [0.2, 0.25) is 0 Å². The van der Waals surface area contributed by atoms with E-state index in [9.17, 15) is 4.79 Å². The first-order valence-electron chi connectivity index (χ1n) is 9.92.